The number of carbonyl (C=O) groups excluding carboxylic acids is 1. The molecule has 2 aromatic rings. The van der Waals surface area contributed by atoms with Gasteiger partial charge in [0.15, 0.2) is 11.5 Å². The first-order valence-electron chi connectivity index (χ1n) is 11.1. The fraction of sp³-hybridized carbons (Fsp3) is 0.435. The largest absolute Gasteiger partial charge is 0.486 e. The van der Waals surface area contributed by atoms with Gasteiger partial charge in [0.1, 0.15) is 19.3 Å². The number of nitrogens with one attached hydrogen (secondary N) is 1. The molecule has 3 aliphatic rings. The SMILES string of the molecule is O=C(Nc1ccc(N2CCCC2)cc1)[C@@H]1CCCN1S(=O)(=O)c1ccc2c(c1)OCCO2. The van der Waals surface area contributed by atoms with Crippen LogP contribution in [0.5, 0.6) is 11.5 Å². The van der Waals surface area contributed by atoms with Gasteiger partial charge in [-0.05, 0) is 62.1 Å². The molecule has 0 spiro atoms. The Morgan fingerprint density at radius 3 is 2.38 bits per heavy atom. The second-order valence-electron chi connectivity index (χ2n) is 8.31. The van der Waals surface area contributed by atoms with Crippen molar-refractivity contribution in [2.45, 2.75) is 36.6 Å². The minimum atomic E-state index is -3.85. The second-order valence-corrected chi connectivity index (χ2v) is 10.2. The molecule has 170 valence electrons. The number of hydrogen-bond donors (Lipinski definition) is 1. The molecule has 2 fully saturated rings. The fourth-order valence-corrected chi connectivity index (χ4v) is 6.24. The summed E-state index contributed by atoms with van der Waals surface area (Å²) in [6.07, 6.45) is 3.53. The molecule has 3 heterocycles. The molecule has 32 heavy (non-hydrogen) atoms. The predicted octanol–water partition coefficient (Wildman–Crippen LogP) is 2.85. The molecule has 2 aromatic carbocycles. The van der Waals surface area contributed by atoms with E-state index in [2.05, 4.69) is 10.2 Å². The van der Waals surface area contributed by atoms with E-state index in [0.717, 1.165) is 18.8 Å². The zero-order valence-electron chi connectivity index (χ0n) is 17.8. The van der Waals surface area contributed by atoms with Gasteiger partial charge in [0.25, 0.3) is 0 Å². The first-order valence-corrected chi connectivity index (χ1v) is 12.5. The Bertz CT molecular complexity index is 1100. The van der Waals surface area contributed by atoms with E-state index >= 15 is 0 Å². The Morgan fingerprint density at radius 1 is 0.906 bits per heavy atom. The maximum atomic E-state index is 13.3. The molecular weight excluding hydrogens is 430 g/mol. The number of amides is 1. The quantitative estimate of drug-likeness (QED) is 0.743. The summed E-state index contributed by atoms with van der Waals surface area (Å²) in [5.41, 5.74) is 1.81. The summed E-state index contributed by atoms with van der Waals surface area (Å²) < 4.78 is 39.0. The number of hydrogen-bond acceptors (Lipinski definition) is 6. The fourth-order valence-electron chi connectivity index (χ4n) is 4.57. The monoisotopic (exact) mass is 457 g/mol. The summed E-state index contributed by atoms with van der Waals surface area (Å²) in [7, 11) is -3.85. The third-order valence-electron chi connectivity index (χ3n) is 6.23. The van der Waals surface area contributed by atoms with E-state index in [1.54, 1.807) is 6.07 Å². The Labute approximate surface area is 188 Å². The zero-order chi connectivity index (χ0) is 22.1. The maximum absolute atomic E-state index is 13.3. The van der Waals surface area contributed by atoms with Gasteiger partial charge in [0.05, 0.1) is 4.90 Å². The van der Waals surface area contributed by atoms with Crippen molar-refractivity contribution in [1.82, 2.24) is 4.31 Å². The lowest BCUT2D eigenvalue weighted by molar-refractivity contribution is -0.119. The van der Waals surface area contributed by atoms with Crippen LogP contribution in [-0.4, -0.2) is 57.5 Å². The van der Waals surface area contributed by atoms with Gasteiger partial charge in [-0.1, -0.05) is 0 Å². The normalized spacial score (nSPS) is 21.0. The van der Waals surface area contributed by atoms with Crippen LogP contribution in [0.4, 0.5) is 11.4 Å². The van der Waals surface area contributed by atoms with Crippen LogP contribution < -0.4 is 19.7 Å². The molecule has 1 amide bonds. The van der Waals surface area contributed by atoms with Gasteiger partial charge in [0.2, 0.25) is 15.9 Å². The molecule has 3 aliphatic heterocycles. The van der Waals surface area contributed by atoms with Crippen molar-refractivity contribution in [3.05, 3.63) is 42.5 Å². The van der Waals surface area contributed by atoms with Crippen LogP contribution >= 0.6 is 0 Å². The molecular formula is C23H27N3O5S. The molecule has 5 rings (SSSR count). The summed E-state index contributed by atoms with van der Waals surface area (Å²) in [4.78, 5) is 15.4. The van der Waals surface area contributed by atoms with Crippen LogP contribution in [0.2, 0.25) is 0 Å². The average molecular weight is 458 g/mol. The number of carbonyl (C=O) groups is 1. The van der Waals surface area contributed by atoms with Gasteiger partial charge >= 0.3 is 0 Å². The molecule has 2 saturated heterocycles. The van der Waals surface area contributed by atoms with Crippen molar-refractivity contribution in [3.8, 4) is 11.5 Å². The van der Waals surface area contributed by atoms with Crippen LogP contribution in [0, 0.1) is 0 Å². The summed E-state index contributed by atoms with van der Waals surface area (Å²) in [5, 5.41) is 2.90. The van der Waals surface area contributed by atoms with Gasteiger partial charge in [-0.3, -0.25) is 4.79 Å². The number of nitrogens with zero attached hydrogens (tertiary/aromatic N) is 2. The van der Waals surface area contributed by atoms with Crippen molar-refractivity contribution in [1.29, 1.82) is 0 Å². The summed E-state index contributed by atoms with van der Waals surface area (Å²) in [6, 6.07) is 11.6. The number of ether oxygens (including phenoxy) is 2. The van der Waals surface area contributed by atoms with E-state index < -0.39 is 16.1 Å². The number of sulfonamides is 1. The molecule has 1 atom stereocenters. The second kappa shape index (κ2) is 8.63. The van der Waals surface area contributed by atoms with Crippen molar-refractivity contribution < 1.29 is 22.7 Å². The zero-order valence-corrected chi connectivity index (χ0v) is 18.6. The van der Waals surface area contributed by atoms with Gasteiger partial charge < -0.3 is 19.7 Å². The standard InChI is InChI=1S/C23H27N3O5S/c27-23(24-17-5-7-18(8-6-17)25-11-1-2-12-25)20-4-3-13-26(20)32(28,29)19-9-10-21-22(16-19)31-15-14-30-21/h5-10,16,20H,1-4,11-15H2,(H,24,27)/t20-/m0/s1. The predicted molar refractivity (Wildman–Crippen MR) is 121 cm³/mol. The van der Waals surface area contributed by atoms with Gasteiger partial charge in [0, 0.05) is 37.1 Å². The smallest absolute Gasteiger partial charge is 0.243 e. The van der Waals surface area contributed by atoms with E-state index in [0.29, 0.717) is 49.8 Å². The number of anilines is 2. The average Bonchev–Trinajstić information content (AvgIpc) is 3.52. The van der Waals surface area contributed by atoms with E-state index in [1.807, 2.05) is 24.3 Å². The number of rotatable bonds is 5. The van der Waals surface area contributed by atoms with Crippen LogP contribution in [0.25, 0.3) is 0 Å². The van der Waals surface area contributed by atoms with E-state index in [-0.39, 0.29) is 10.8 Å². The van der Waals surface area contributed by atoms with Crippen LogP contribution in [0.3, 0.4) is 0 Å². The van der Waals surface area contributed by atoms with Gasteiger partial charge in [-0.2, -0.15) is 4.31 Å². The lowest BCUT2D eigenvalue weighted by Gasteiger charge is -2.25. The van der Waals surface area contributed by atoms with Crippen LogP contribution in [0.1, 0.15) is 25.7 Å². The van der Waals surface area contributed by atoms with Crippen molar-refractivity contribution >= 4 is 27.3 Å². The highest BCUT2D eigenvalue weighted by atomic mass is 32.2. The minimum absolute atomic E-state index is 0.108. The van der Waals surface area contributed by atoms with Crippen molar-refractivity contribution in [2.75, 3.05) is 43.1 Å². The van der Waals surface area contributed by atoms with Gasteiger partial charge in [-0.25, -0.2) is 8.42 Å². The molecule has 0 saturated carbocycles. The first-order chi connectivity index (χ1) is 15.5. The minimum Gasteiger partial charge on any atom is -0.486 e. The lowest BCUT2D eigenvalue weighted by atomic mass is 10.2. The molecule has 0 radical (unpaired) electrons. The topological polar surface area (TPSA) is 88.2 Å². The highest BCUT2D eigenvalue weighted by molar-refractivity contribution is 7.89. The Hall–Kier alpha value is -2.78. The molecule has 0 aromatic heterocycles. The highest BCUT2D eigenvalue weighted by Gasteiger charge is 2.40. The van der Waals surface area contributed by atoms with Crippen molar-refractivity contribution in [2.24, 2.45) is 0 Å². The lowest BCUT2D eigenvalue weighted by Crippen LogP contribution is -2.43. The van der Waals surface area contributed by atoms with Crippen LogP contribution in [-0.2, 0) is 14.8 Å². The highest BCUT2D eigenvalue weighted by Crippen LogP contribution is 2.35. The summed E-state index contributed by atoms with van der Waals surface area (Å²) in [6.45, 7) is 3.23. The molecule has 0 bridgehead atoms. The molecule has 0 unspecified atom stereocenters. The number of benzene rings is 2. The van der Waals surface area contributed by atoms with E-state index in [1.165, 1.54) is 29.3 Å². The molecule has 1 N–H and O–H groups in total. The molecule has 8 nitrogen and oxygen atoms in total. The third-order valence-corrected chi connectivity index (χ3v) is 8.14. The van der Waals surface area contributed by atoms with Gasteiger partial charge in [-0.15, -0.1) is 0 Å². The van der Waals surface area contributed by atoms with Crippen molar-refractivity contribution in [3.63, 3.8) is 0 Å². The Morgan fingerprint density at radius 2 is 1.62 bits per heavy atom. The molecule has 9 heteroatoms. The summed E-state index contributed by atoms with van der Waals surface area (Å²) in [5.74, 6) is 0.636. The summed E-state index contributed by atoms with van der Waals surface area (Å²) >= 11 is 0. The molecule has 0 aliphatic carbocycles. The van der Waals surface area contributed by atoms with Crippen LogP contribution in [0.15, 0.2) is 47.4 Å². The number of fused-ring (bicyclic) bond motifs is 1. The van der Waals surface area contributed by atoms with E-state index in [9.17, 15) is 13.2 Å². The maximum Gasteiger partial charge on any atom is 0.243 e. The Kier molecular flexibility index (Phi) is 5.69. The van der Waals surface area contributed by atoms with E-state index in [4.69, 9.17) is 9.47 Å². The third kappa shape index (κ3) is 4.02. The first kappa shape index (κ1) is 21.1. The Balaban J connectivity index is 1.31.